The van der Waals surface area contributed by atoms with Gasteiger partial charge in [0.25, 0.3) is 6.17 Å². The molecule has 0 heterocycles. The largest absolute Gasteiger partial charge is 0.456 e. The Kier molecular flexibility index (Phi) is 4.01. The lowest BCUT2D eigenvalue weighted by Gasteiger charge is -2.27. The monoisotopic (exact) mass is 238 g/mol. The van der Waals surface area contributed by atoms with Crippen LogP contribution in [0.4, 0.5) is 26.3 Å². The predicted octanol–water partition coefficient (Wildman–Crippen LogP) is 2.47. The van der Waals surface area contributed by atoms with E-state index >= 15 is 0 Å². The molecule has 0 bridgehead atoms. The number of halogens is 6. The van der Waals surface area contributed by atoms with Crippen molar-refractivity contribution in [1.82, 2.24) is 0 Å². The first kappa shape index (κ1) is 14.0. The molecule has 0 aliphatic carbocycles. The van der Waals surface area contributed by atoms with Gasteiger partial charge in [0.1, 0.15) is 0 Å². The van der Waals surface area contributed by atoms with Gasteiger partial charge in [0.15, 0.2) is 6.10 Å². The normalized spacial score (nSPS) is 17.1. The van der Waals surface area contributed by atoms with E-state index in [1.165, 1.54) is 0 Å². The van der Waals surface area contributed by atoms with Crippen LogP contribution in [0.1, 0.15) is 13.8 Å². The maximum absolute atomic E-state index is 12.7. The lowest BCUT2D eigenvalue weighted by molar-refractivity contribution is -0.268. The fraction of sp³-hybridized carbons (Fsp3) is 0.857. The Morgan fingerprint density at radius 1 is 1.20 bits per heavy atom. The number of esters is 1. The molecule has 2 nitrogen and oxygen atoms in total. The Bertz CT molecular complexity index is 236. The quantitative estimate of drug-likeness (QED) is 0.557. The van der Waals surface area contributed by atoms with E-state index in [9.17, 15) is 31.1 Å². The third-order valence-electron chi connectivity index (χ3n) is 1.51. The van der Waals surface area contributed by atoms with Crippen molar-refractivity contribution >= 4 is 5.97 Å². The van der Waals surface area contributed by atoms with E-state index < -0.39 is 30.3 Å². The number of rotatable bonds is 3. The van der Waals surface area contributed by atoms with Gasteiger partial charge in [0.2, 0.25) is 0 Å². The second kappa shape index (κ2) is 4.28. The molecule has 0 amide bonds. The maximum Gasteiger partial charge on any atom is 0.425 e. The highest BCUT2D eigenvalue weighted by molar-refractivity contribution is 5.66. The van der Waals surface area contributed by atoms with Gasteiger partial charge in [-0.1, -0.05) is 0 Å². The summed E-state index contributed by atoms with van der Waals surface area (Å²) in [4.78, 5) is 10.2. The average molecular weight is 238 g/mol. The Morgan fingerprint density at radius 2 is 1.60 bits per heavy atom. The van der Waals surface area contributed by atoms with Gasteiger partial charge in [-0.2, -0.15) is 22.0 Å². The van der Waals surface area contributed by atoms with Crippen LogP contribution in [0.5, 0.6) is 0 Å². The lowest BCUT2D eigenvalue weighted by atomic mass is 10.1. The molecule has 8 heteroatoms. The van der Waals surface area contributed by atoms with Gasteiger partial charge in [-0.15, -0.1) is 0 Å². The predicted molar refractivity (Wildman–Crippen MR) is 37.1 cm³/mol. The molecule has 0 saturated carbocycles. The first-order valence-electron chi connectivity index (χ1n) is 3.75. The van der Waals surface area contributed by atoms with Crippen LogP contribution < -0.4 is 0 Å². The molecule has 0 aliphatic heterocycles. The summed E-state index contributed by atoms with van der Waals surface area (Å²) in [6, 6.07) is 0. The first-order valence-corrected chi connectivity index (χ1v) is 3.75. The van der Waals surface area contributed by atoms with Gasteiger partial charge < -0.3 is 4.74 Å². The minimum atomic E-state index is -5.70. The zero-order chi connectivity index (χ0) is 12.4. The van der Waals surface area contributed by atoms with Crippen LogP contribution >= 0.6 is 0 Å². The van der Waals surface area contributed by atoms with Gasteiger partial charge in [0.05, 0.1) is 0 Å². The van der Waals surface area contributed by atoms with E-state index in [1.54, 1.807) is 0 Å². The first-order chi connectivity index (χ1) is 6.49. The molecule has 0 N–H and O–H groups in total. The highest BCUT2D eigenvalue weighted by Crippen LogP contribution is 2.37. The van der Waals surface area contributed by atoms with E-state index in [0.717, 1.165) is 6.92 Å². The minimum absolute atomic E-state index is 0.486. The van der Waals surface area contributed by atoms with Crippen LogP contribution in [-0.4, -0.2) is 30.3 Å². The molecule has 90 valence electrons. The van der Waals surface area contributed by atoms with Crippen molar-refractivity contribution in [3.8, 4) is 0 Å². The molecule has 0 radical (unpaired) electrons. The summed E-state index contributed by atoms with van der Waals surface area (Å²) in [6.45, 7) is 1.22. The molecule has 0 aromatic carbocycles. The smallest absolute Gasteiger partial charge is 0.425 e. The van der Waals surface area contributed by atoms with Crippen LogP contribution in [0.3, 0.4) is 0 Å². The highest BCUT2D eigenvalue weighted by Gasteiger charge is 2.60. The number of carbonyl (C=O) groups is 1. The van der Waals surface area contributed by atoms with E-state index in [-0.39, 0.29) is 0 Å². The van der Waals surface area contributed by atoms with Crippen molar-refractivity contribution in [3.05, 3.63) is 0 Å². The number of hydrogen-bond donors (Lipinski definition) is 0. The number of carbonyl (C=O) groups excluding carboxylic acids is 1. The Morgan fingerprint density at radius 3 is 1.87 bits per heavy atom. The molecule has 0 aliphatic rings. The maximum atomic E-state index is 12.7. The second-order valence-electron chi connectivity index (χ2n) is 2.83. The zero-order valence-electron chi connectivity index (χ0n) is 7.74. The molecule has 15 heavy (non-hydrogen) atoms. The summed E-state index contributed by atoms with van der Waals surface area (Å²) in [7, 11) is 0. The molecule has 0 unspecified atom stereocenters. The van der Waals surface area contributed by atoms with E-state index in [1.807, 2.05) is 0 Å². The summed E-state index contributed by atoms with van der Waals surface area (Å²) >= 11 is 0. The number of ether oxygens (including phenoxy) is 1. The zero-order valence-corrected chi connectivity index (χ0v) is 7.74. The Hall–Kier alpha value is -0.950. The van der Waals surface area contributed by atoms with Crippen molar-refractivity contribution in [2.45, 2.75) is 38.2 Å². The summed E-state index contributed by atoms with van der Waals surface area (Å²) in [5, 5.41) is 0. The highest BCUT2D eigenvalue weighted by atomic mass is 19.4. The third-order valence-corrected chi connectivity index (χ3v) is 1.51. The van der Waals surface area contributed by atoms with Gasteiger partial charge in [-0.05, 0) is 6.92 Å². The van der Waals surface area contributed by atoms with Crippen LogP contribution in [0.25, 0.3) is 0 Å². The van der Waals surface area contributed by atoms with Crippen LogP contribution in [0.15, 0.2) is 0 Å². The van der Waals surface area contributed by atoms with Crippen LogP contribution in [-0.2, 0) is 9.53 Å². The fourth-order valence-corrected chi connectivity index (χ4v) is 0.752. The van der Waals surface area contributed by atoms with Crippen molar-refractivity contribution in [1.29, 1.82) is 0 Å². The SMILES string of the molecule is CC(=O)O[C@@H](C)C(F)(F)[C@@H](F)C(F)(F)F. The second-order valence-corrected chi connectivity index (χ2v) is 2.83. The average Bonchev–Trinajstić information content (AvgIpc) is 1.99. The molecule has 0 rings (SSSR count). The molecule has 2 atom stereocenters. The Balaban J connectivity index is 4.73. The van der Waals surface area contributed by atoms with Crippen LogP contribution in [0, 0.1) is 0 Å². The minimum Gasteiger partial charge on any atom is -0.456 e. The van der Waals surface area contributed by atoms with Crippen molar-refractivity contribution in [3.63, 3.8) is 0 Å². The summed E-state index contributed by atoms with van der Waals surface area (Å²) in [5.41, 5.74) is 0. The summed E-state index contributed by atoms with van der Waals surface area (Å²) in [5.74, 6) is -6.01. The molecule has 0 spiro atoms. The van der Waals surface area contributed by atoms with E-state index in [4.69, 9.17) is 0 Å². The molecule has 0 aromatic rings. The standard InChI is InChI=1S/C7H8F6O2/c1-3(15-4(2)14)6(9,10)5(8)7(11,12)13/h3,5H,1-2H3/t3-,5+/m0/s1. The van der Waals surface area contributed by atoms with Gasteiger partial charge in [-0.3, -0.25) is 4.79 Å². The van der Waals surface area contributed by atoms with Gasteiger partial charge in [0, 0.05) is 6.92 Å². The van der Waals surface area contributed by atoms with Gasteiger partial charge in [-0.25, -0.2) is 4.39 Å². The van der Waals surface area contributed by atoms with Crippen molar-refractivity contribution in [2.75, 3.05) is 0 Å². The van der Waals surface area contributed by atoms with Crippen LogP contribution in [0.2, 0.25) is 0 Å². The fourth-order valence-electron chi connectivity index (χ4n) is 0.752. The Labute approximate surface area is 81.2 Å². The van der Waals surface area contributed by atoms with E-state index in [0.29, 0.717) is 6.92 Å². The topological polar surface area (TPSA) is 26.3 Å². The van der Waals surface area contributed by atoms with Crippen molar-refractivity contribution < 1.29 is 35.9 Å². The third kappa shape index (κ3) is 3.60. The number of alkyl halides is 6. The van der Waals surface area contributed by atoms with Gasteiger partial charge >= 0.3 is 18.1 Å². The summed E-state index contributed by atoms with van der Waals surface area (Å²) in [6.07, 6.45) is -12.5. The molecular weight excluding hydrogens is 230 g/mol. The van der Waals surface area contributed by atoms with E-state index in [2.05, 4.69) is 4.74 Å². The molecule has 0 fully saturated rings. The summed E-state index contributed by atoms with van der Waals surface area (Å²) < 4.78 is 76.5. The molecular formula is C7H8F6O2. The van der Waals surface area contributed by atoms with Crippen molar-refractivity contribution in [2.24, 2.45) is 0 Å². The lowest BCUT2D eigenvalue weighted by Crippen LogP contribution is -2.49. The molecule has 0 aromatic heterocycles. The molecule has 0 saturated heterocycles. The number of hydrogen-bond acceptors (Lipinski definition) is 2.